The lowest BCUT2D eigenvalue weighted by atomic mass is 9.96. The first kappa shape index (κ1) is 23.9. The smallest absolute Gasteiger partial charge is 0.413 e. The quantitative estimate of drug-likeness (QED) is 0.484. The minimum Gasteiger partial charge on any atom is -0.465 e. The van der Waals surface area contributed by atoms with Crippen molar-refractivity contribution in [2.75, 3.05) is 32.8 Å². The van der Waals surface area contributed by atoms with Gasteiger partial charge in [-0.3, -0.25) is 20.2 Å². The Hall–Kier alpha value is -2.72. The molecule has 0 aromatic heterocycles. The highest BCUT2D eigenvalue weighted by Gasteiger charge is 2.52. The lowest BCUT2D eigenvalue weighted by Gasteiger charge is -2.44. The number of alkyl carbamates (subject to hydrolysis) is 1. The summed E-state index contributed by atoms with van der Waals surface area (Å²) in [5.74, 6) is -0.535. The molecule has 2 saturated heterocycles. The fourth-order valence-corrected chi connectivity index (χ4v) is 4.51. The summed E-state index contributed by atoms with van der Waals surface area (Å²) < 4.78 is 10.00. The molecule has 174 valence electrons. The molecule has 32 heavy (non-hydrogen) atoms. The number of nitrogens with one attached hydrogen (secondary N) is 2. The van der Waals surface area contributed by atoms with Crippen molar-refractivity contribution in [1.29, 1.82) is 0 Å². The highest BCUT2D eigenvalue weighted by atomic mass is 32.1. The summed E-state index contributed by atoms with van der Waals surface area (Å²) in [5, 5.41) is 6.36. The first-order chi connectivity index (χ1) is 15.4. The van der Waals surface area contributed by atoms with Crippen molar-refractivity contribution < 1.29 is 23.9 Å². The van der Waals surface area contributed by atoms with Crippen LogP contribution in [-0.4, -0.2) is 77.4 Å². The fraction of sp³-hybridized carbons (Fsp3) is 0.545. The third kappa shape index (κ3) is 5.55. The van der Waals surface area contributed by atoms with E-state index in [-0.39, 0.29) is 25.7 Å². The van der Waals surface area contributed by atoms with Gasteiger partial charge in [-0.25, -0.2) is 4.79 Å². The van der Waals surface area contributed by atoms with Crippen molar-refractivity contribution in [2.24, 2.45) is 0 Å². The highest BCUT2D eigenvalue weighted by molar-refractivity contribution is 7.80. The summed E-state index contributed by atoms with van der Waals surface area (Å²) in [7, 11) is 0. The third-order valence-electron chi connectivity index (χ3n) is 5.76. The molecule has 2 N–H and O–H groups in total. The average Bonchev–Trinajstić information content (AvgIpc) is 3.00. The molecule has 2 aliphatic rings. The average molecular weight is 463 g/mol. The predicted molar refractivity (Wildman–Crippen MR) is 122 cm³/mol. The third-order valence-corrected chi connectivity index (χ3v) is 6.12. The largest absolute Gasteiger partial charge is 0.465 e. The topological polar surface area (TPSA) is 100 Å². The number of rotatable bonds is 6. The minimum atomic E-state index is -0.667. The lowest BCUT2D eigenvalue weighted by Crippen LogP contribution is -2.61. The number of carbonyl (C=O) groups excluding carboxylic acids is 3. The summed E-state index contributed by atoms with van der Waals surface area (Å²) in [6.45, 7) is 4.92. The van der Waals surface area contributed by atoms with E-state index in [0.29, 0.717) is 37.5 Å². The number of hydrogen-bond acceptors (Lipinski definition) is 7. The number of thiocarbonyl (C=S) groups is 1. The Morgan fingerprint density at radius 3 is 2.44 bits per heavy atom. The molecular formula is C22H30N4O5S. The molecule has 3 rings (SSSR count). The Morgan fingerprint density at radius 1 is 1.16 bits per heavy atom. The molecule has 1 spiro atoms. The first-order valence-corrected chi connectivity index (χ1v) is 11.3. The second-order valence-corrected chi connectivity index (χ2v) is 8.17. The summed E-state index contributed by atoms with van der Waals surface area (Å²) in [4.78, 5) is 40.7. The maximum Gasteiger partial charge on any atom is 0.413 e. The van der Waals surface area contributed by atoms with Crippen LogP contribution in [-0.2, 0) is 25.5 Å². The number of ether oxygens (including phenoxy) is 2. The van der Waals surface area contributed by atoms with E-state index in [1.165, 1.54) is 0 Å². The number of hydrogen-bond donors (Lipinski definition) is 2. The van der Waals surface area contributed by atoms with Crippen molar-refractivity contribution in [3.63, 3.8) is 0 Å². The maximum absolute atomic E-state index is 13.3. The second-order valence-electron chi connectivity index (χ2n) is 7.79. The number of benzene rings is 1. The van der Waals surface area contributed by atoms with Crippen molar-refractivity contribution in [1.82, 2.24) is 20.4 Å². The zero-order valence-corrected chi connectivity index (χ0v) is 19.3. The van der Waals surface area contributed by atoms with Crippen LogP contribution >= 0.6 is 12.2 Å². The van der Waals surface area contributed by atoms with Crippen LogP contribution in [0.1, 0.15) is 32.3 Å². The van der Waals surface area contributed by atoms with Gasteiger partial charge in [0.05, 0.1) is 24.9 Å². The molecule has 0 saturated carbocycles. The molecule has 2 heterocycles. The van der Waals surface area contributed by atoms with Crippen LogP contribution in [0, 0.1) is 0 Å². The molecule has 0 radical (unpaired) electrons. The molecule has 10 heteroatoms. The van der Waals surface area contributed by atoms with Crippen molar-refractivity contribution in [3.05, 3.63) is 35.9 Å². The predicted octanol–water partition coefficient (Wildman–Crippen LogP) is 1.42. The Kier molecular flexibility index (Phi) is 8.03. The van der Waals surface area contributed by atoms with Crippen LogP contribution in [0.15, 0.2) is 30.3 Å². The number of piperidine rings is 1. The van der Waals surface area contributed by atoms with E-state index >= 15 is 0 Å². The van der Waals surface area contributed by atoms with E-state index in [0.717, 1.165) is 5.56 Å². The summed E-state index contributed by atoms with van der Waals surface area (Å²) in [5.41, 5.74) is 0.378. The standard InChI is InChI=1S/C22H30N4O5S/c1-3-30-18(27)15-26-19(28)17(14-16-8-6-5-7-9-16)24-22(26)10-12-25(13-11-22)20(32)23-21(29)31-4-2/h5-9,17,24H,3-4,10-15H2,1-2H3,(H,23,29,32). The Morgan fingerprint density at radius 2 is 1.81 bits per heavy atom. The van der Waals surface area contributed by atoms with Gasteiger partial charge in [-0.2, -0.15) is 0 Å². The van der Waals surface area contributed by atoms with E-state index in [1.54, 1.807) is 18.7 Å². The molecule has 0 bridgehead atoms. The number of nitrogens with zero attached hydrogens (tertiary/aromatic N) is 2. The molecule has 9 nitrogen and oxygen atoms in total. The molecule has 1 unspecified atom stereocenters. The van der Waals surface area contributed by atoms with Crippen LogP contribution in [0.5, 0.6) is 0 Å². The van der Waals surface area contributed by atoms with Crippen molar-refractivity contribution in [2.45, 2.75) is 44.8 Å². The van der Waals surface area contributed by atoms with Gasteiger partial charge in [0.15, 0.2) is 5.11 Å². The molecule has 0 aliphatic carbocycles. The fourth-order valence-electron chi connectivity index (χ4n) is 4.24. The highest BCUT2D eigenvalue weighted by Crippen LogP contribution is 2.33. The van der Waals surface area contributed by atoms with Crippen LogP contribution < -0.4 is 10.6 Å². The number of carbonyl (C=O) groups is 3. The second kappa shape index (κ2) is 10.7. The summed E-state index contributed by atoms with van der Waals surface area (Å²) in [6.07, 6.45) is 1.05. The molecule has 2 fully saturated rings. The monoisotopic (exact) mass is 462 g/mol. The molecule has 2 aliphatic heterocycles. The Labute approximate surface area is 193 Å². The van der Waals surface area contributed by atoms with E-state index in [1.807, 2.05) is 35.2 Å². The maximum atomic E-state index is 13.3. The lowest BCUT2D eigenvalue weighted by molar-refractivity contribution is -0.151. The zero-order valence-electron chi connectivity index (χ0n) is 18.5. The van der Waals surface area contributed by atoms with E-state index in [2.05, 4.69) is 10.6 Å². The zero-order chi connectivity index (χ0) is 23.1. The van der Waals surface area contributed by atoms with Gasteiger partial charge in [0, 0.05) is 25.9 Å². The van der Waals surface area contributed by atoms with Crippen LogP contribution in [0.3, 0.4) is 0 Å². The van der Waals surface area contributed by atoms with Crippen LogP contribution in [0.2, 0.25) is 0 Å². The van der Waals surface area contributed by atoms with Gasteiger partial charge in [-0.05, 0) is 38.0 Å². The van der Waals surface area contributed by atoms with Crippen LogP contribution in [0.4, 0.5) is 4.79 Å². The van der Waals surface area contributed by atoms with Gasteiger partial charge in [-0.15, -0.1) is 0 Å². The van der Waals surface area contributed by atoms with E-state index in [4.69, 9.17) is 21.7 Å². The molecule has 2 amide bonds. The van der Waals surface area contributed by atoms with E-state index in [9.17, 15) is 14.4 Å². The van der Waals surface area contributed by atoms with Gasteiger partial charge in [0.2, 0.25) is 5.91 Å². The van der Waals surface area contributed by atoms with Crippen molar-refractivity contribution >= 4 is 35.3 Å². The van der Waals surface area contributed by atoms with E-state index < -0.39 is 23.8 Å². The van der Waals surface area contributed by atoms with Gasteiger partial charge >= 0.3 is 12.1 Å². The SMILES string of the molecule is CCOC(=O)CN1C(=O)C(Cc2ccccc2)NC12CCN(C(=S)NC(=O)OCC)CC2. The normalized spacial score (nSPS) is 19.7. The van der Waals surface area contributed by atoms with Gasteiger partial charge in [0.1, 0.15) is 6.54 Å². The van der Waals surface area contributed by atoms with Crippen molar-refractivity contribution in [3.8, 4) is 0 Å². The summed E-state index contributed by atoms with van der Waals surface area (Å²) >= 11 is 5.33. The van der Waals surface area contributed by atoms with Gasteiger partial charge in [-0.1, -0.05) is 30.3 Å². The number of likely N-dealkylation sites (tertiary alicyclic amines) is 1. The van der Waals surface area contributed by atoms with Crippen LogP contribution in [0.25, 0.3) is 0 Å². The van der Waals surface area contributed by atoms with Gasteiger partial charge in [0.25, 0.3) is 0 Å². The molecular weight excluding hydrogens is 432 g/mol. The number of amides is 2. The molecule has 1 aromatic rings. The molecule has 1 aromatic carbocycles. The number of esters is 1. The Balaban J connectivity index is 1.71. The van der Waals surface area contributed by atoms with Gasteiger partial charge < -0.3 is 19.3 Å². The first-order valence-electron chi connectivity index (χ1n) is 10.9. The summed E-state index contributed by atoms with van der Waals surface area (Å²) in [6, 6.07) is 9.36. The minimum absolute atomic E-state index is 0.101. The Bertz CT molecular complexity index is 842. The molecule has 1 atom stereocenters.